The average molecular weight is 503 g/mol. The van der Waals surface area contributed by atoms with E-state index in [2.05, 4.69) is 60.0 Å². The molecule has 2 aliphatic heterocycles. The first kappa shape index (κ1) is 23.6. The molecule has 1 aliphatic carbocycles. The normalized spacial score (nSPS) is 21.6. The number of pyridine rings is 1. The molecule has 4 heterocycles. The van der Waals surface area contributed by atoms with Crippen LogP contribution in [0.25, 0.3) is 22.4 Å². The van der Waals surface area contributed by atoms with Crippen molar-refractivity contribution in [1.29, 1.82) is 0 Å². The number of carbonyl (C=O) groups excluding carboxylic acids is 1. The van der Waals surface area contributed by atoms with Gasteiger partial charge in [-0.05, 0) is 53.6 Å². The van der Waals surface area contributed by atoms with Crippen molar-refractivity contribution in [2.45, 2.75) is 39.2 Å². The second-order valence-electron chi connectivity index (χ2n) is 11.1. The summed E-state index contributed by atoms with van der Waals surface area (Å²) in [5.41, 5.74) is 12.9. The molecule has 2 aromatic heterocycles. The van der Waals surface area contributed by atoms with Crippen molar-refractivity contribution >= 4 is 27.8 Å². The van der Waals surface area contributed by atoms with Gasteiger partial charge in [-0.2, -0.15) is 0 Å². The topological polar surface area (TPSA) is 71.7 Å². The Morgan fingerprint density at radius 3 is 2.67 bits per heavy atom. The number of fused-ring (bicyclic) bond motifs is 1. The fourth-order valence-corrected chi connectivity index (χ4v) is 7.15. The van der Waals surface area contributed by atoms with Gasteiger partial charge in [-0.25, -0.2) is 0 Å². The summed E-state index contributed by atoms with van der Waals surface area (Å²) in [6, 6.07) is 13.2. The zero-order valence-electron chi connectivity index (χ0n) is 21.1. The molecule has 36 heavy (non-hydrogen) atoms. The third-order valence-electron chi connectivity index (χ3n) is 7.61. The van der Waals surface area contributed by atoms with E-state index in [1.54, 1.807) is 11.3 Å². The minimum atomic E-state index is -0.0387. The van der Waals surface area contributed by atoms with Crippen LogP contribution < -0.4 is 15.5 Å². The highest BCUT2D eigenvalue weighted by Crippen LogP contribution is 2.49. The van der Waals surface area contributed by atoms with E-state index in [-0.39, 0.29) is 17.2 Å². The minimum Gasteiger partial charge on any atom is -0.378 e. The van der Waals surface area contributed by atoms with Crippen LogP contribution in [0.4, 0.5) is 10.7 Å². The number of aromatic nitrogens is 1. The number of anilines is 2. The highest BCUT2D eigenvalue weighted by molar-refractivity contribution is 7.19. The van der Waals surface area contributed by atoms with Gasteiger partial charge in [-0.1, -0.05) is 26.0 Å². The van der Waals surface area contributed by atoms with Gasteiger partial charge in [-0.15, -0.1) is 11.3 Å². The molecular weight excluding hydrogens is 468 g/mol. The smallest absolute Gasteiger partial charge is 0.173 e. The molecule has 3 aromatic rings. The Kier molecular flexibility index (Phi) is 6.10. The molecule has 2 N–H and O–H groups in total. The van der Waals surface area contributed by atoms with E-state index in [1.165, 1.54) is 21.8 Å². The van der Waals surface area contributed by atoms with Crippen LogP contribution in [-0.4, -0.2) is 56.2 Å². The third-order valence-corrected chi connectivity index (χ3v) is 8.95. The maximum Gasteiger partial charge on any atom is 0.173 e. The summed E-state index contributed by atoms with van der Waals surface area (Å²) in [6.07, 6.45) is 4.45. The molecule has 0 spiro atoms. The van der Waals surface area contributed by atoms with Crippen molar-refractivity contribution in [3.05, 3.63) is 53.0 Å². The molecule has 0 amide bonds. The second-order valence-corrected chi connectivity index (χ2v) is 12.1. The quantitative estimate of drug-likeness (QED) is 0.541. The van der Waals surface area contributed by atoms with Gasteiger partial charge in [0.05, 0.1) is 28.8 Å². The van der Waals surface area contributed by atoms with Crippen LogP contribution in [0.1, 0.15) is 41.9 Å². The van der Waals surface area contributed by atoms with E-state index in [0.717, 1.165) is 73.9 Å². The van der Waals surface area contributed by atoms with E-state index >= 15 is 0 Å². The van der Waals surface area contributed by atoms with Crippen LogP contribution in [0, 0.1) is 5.41 Å². The van der Waals surface area contributed by atoms with Crippen LogP contribution in [0.3, 0.4) is 0 Å². The average Bonchev–Trinajstić information content (AvgIpc) is 3.48. The summed E-state index contributed by atoms with van der Waals surface area (Å²) >= 11 is 1.68. The molecule has 188 valence electrons. The number of benzene rings is 1. The summed E-state index contributed by atoms with van der Waals surface area (Å²) in [5.74, 6) is 0.276. The summed E-state index contributed by atoms with van der Waals surface area (Å²) in [6.45, 7) is 9.43. The Morgan fingerprint density at radius 1 is 1.06 bits per heavy atom. The van der Waals surface area contributed by atoms with Crippen LogP contribution in [0.5, 0.6) is 0 Å². The molecule has 2 fully saturated rings. The minimum absolute atomic E-state index is 0.0387. The van der Waals surface area contributed by atoms with E-state index in [1.807, 2.05) is 6.20 Å². The van der Waals surface area contributed by atoms with E-state index in [4.69, 9.17) is 15.5 Å². The lowest BCUT2D eigenvalue weighted by Gasteiger charge is -2.30. The molecule has 1 atom stereocenters. The lowest BCUT2D eigenvalue weighted by atomic mass is 9.75. The molecule has 1 aromatic carbocycles. The SMILES string of the molecule is CC1(C)CC(=O)c2sc(N3CCOCC3)c(-c3ccnc(-c4cccc(N5CC[C@H](N)C5)c4)c3)c2C1. The van der Waals surface area contributed by atoms with Crippen LogP contribution in [0.2, 0.25) is 0 Å². The molecular formula is C29H34N4O2S. The zero-order chi connectivity index (χ0) is 24.9. The second kappa shape index (κ2) is 9.29. The first-order chi connectivity index (χ1) is 17.4. The van der Waals surface area contributed by atoms with Crippen molar-refractivity contribution in [2.75, 3.05) is 49.2 Å². The number of ether oxygens (including phenoxy) is 1. The number of rotatable bonds is 4. The molecule has 2 saturated heterocycles. The van der Waals surface area contributed by atoms with Crippen molar-refractivity contribution in [1.82, 2.24) is 4.98 Å². The van der Waals surface area contributed by atoms with Gasteiger partial charge < -0.3 is 20.3 Å². The number of ketones is 1. The van der Waals surface area contributed by atoms with Crippen LogP contribution in [0.15, 0.2) is 42.6 Å². The first-order valence-corrected chi connectivity index (χ1v) is 13.8. The van der Waals surface area contributed by atoms with Crippen molar-refractivity contribution in [2.24, 2.45) is 11.1 Å². The maximum absolute atomic E-state index is 13.2. The van der Waals surface area contributed by atoms with E-state index in [0.29, 0.717) is 6.42 Å². The van der Waals surface area contributed by atoms with Gasteiger partial charge in [0.1, 0.15) is 0 Å². The third kappa shape index (κ3) is 4.44. The van der Waals surface area contributed by atoms with Gasteiger partial charge in [0, 0.05) is 61.7 Å². The Balaban J connectivity index is 1.43. The van der Waals surface area contributed by atoms with Gasteiger partial charge in [0.25, 0.3) is 0 Å². The van der Waals surface area contributed by atoms with Crippen molar-refractivity contribution in [3.63, 3.8) is 0 Å². The van der Waals surface area contributed by atoms with Gasteiger partial charge in [-0.3, -0.25) is 9.78 Å². The predicted octanol–water partition coefficient (Wildman–Crippen LogP) is 5.01. The maximum atomic E-state index is 13.2. The largest absolute Gasteiger partial charge is 0.378 e. The fourth-order valence-electron chi connectivity index (χ4n) is 5.82. The Bertz CT molecular complexity index is 1290. The number of carbonyl (C=O) groups is 1. The Morgan fingerprint density at radius 2 is 1.89 bits per heavy atom. The first-order valence-electron chi connectivity index (χ1n) is 13.0. The Labute approximate surface area is 217 Å². The van der Waals surface area contributed by atoms with Crippen LogP contribution in [-0.2, 0) is 11.2 Å². The molecule has 6 rings (SSSR count). The van der Waals surface area contributed by atoms with Crippen LogP contribution >= 0.6 is 11.3 Å². The molecule has 6 nitrogen and oxygen atoms in total. The number of thiophene rings is 1. The fraction of sp³-hybridized carbons (Fsp3) is 0.448. The van der Waals surface area contributed by atoms with E-state index in [9.17, 15) is 4.79 Å². The summed E-state index contributed by atoms with van der Waals surface area (Å²) < 4.78 is 5.63. The van der Waals surface area contributed by atoms with Crippen molar-refractivity contribution < 1.29 is 9.53 Å². The number of Topliss-reactive ketones (excluding diaryl/α,β-unsaturated/α-hetero) is 1. The lowest BCUT2D eigenvalue weighted by Crippen LogP contribution is -2.36. The number of nitrogens with two attached hydrogens (primary N) is 1. The highest BCUT2D eigenvalue weighted by atomic mass is 32.1. The molecule has 0 saturated carbocycles. The molecule has 0 unspecified atom stereocenters. The van der Waals surface area contributed by atoms with Gasteiger partial charge >= 0.3 is 0 Å². The van der Waals surface area contributed by atoms with E-state index < -0.39 is 0 Å². The number of morpholine rings is 1. The number of hydrogen-bond donors (Lipinski definition) is 1. The van der Waals surface area contributed by atoms with Crippen molar-refractivity contribution in [3.8, 4) is 22.4 Å². The predicted molar refractivity (Wildman–Crippen MR) is 147 cm³/mol. The monoisotopic (exact) mass is 502 g/mol. The molecule has 7 heteroatoms. The van der Waals surface area contributed by atoms with Gasteiger partial charge in [0.15, 0.2) is 5.78 Å². The number of nitrogens with zero attached hydrogens (tertiary/aromatic N) is 3. The van der Waals surface area contributed by atoms with Gasteiger partial charge in [0.2, 0.25) is 0 Å². The summed E-state index contributed by atoms with van der Waals surface area (Å²) in [5, 5.41) is 1.20. The molecule has 0 bridgehead atoms. The lowest BCUT2D eigenvalue weighted by molar-refractivity contribution is 0.0918. The molecule has 3 aliphatic rings. The number of hydrogen-bond acceptors (Lipinski definition) is 7. The summed E-state index contributed by atoms with van der Waals surface area (Å²) in [7, 11) is 0. The highest BCUT2D eigenvalue weighted by Gasteiger charge is 2.37. The zero-order valence-corrected chi connectivity index (χ0v) is 21.9. The standard InChI is InChI=1S/C29H34N4O2S/c1-29(2)16-23-26(28(32-10-12-35-13-11-32)36-27(23)25(34)17-29)20-6-8-31-24(15-20)19-4-3-5-22(14-19)33-9-7-21(30)18-33/h3-6,8,14-15,21H,7,9-13,16-18,30H2,1-2H3/t21-/m0/s1. The summed E-state index contributed by atoms with van der Waals surface area (Å²) in [4.78, 5) is 23.7. The Hall–Kier alpha value is -2.74. The molecule has 0 radical (unpaired) electrons.